The zero-order valence-corrected chi connectivity index (χ0v) is 32.3. The maximum Gasteiger partial charge on any atom is 0.0618 e. The van der Waals surface area contributed by atoms with Crippen molar-refractivity contribution in [2.75, 3.05) is 0 Å². The minimum atomic E-state index is 0.640. The SMILES string of the molecule is N/C(=C\Cc1cccc(-n2c3c(c4ccccc42)C=CC(c2ccc4c(c2)c2ccccc2n4-c2ccccc2)=C=C3)c1)C1=CC=CCC=C1.NCc1ccccc1. The van der Waals surface area contributed by atoms with Gasteiger partial charge >= 0.3 is 0 Å². The van der Waals surface area contributed by atoms with E-state index >= 15 is 0 Å². The van der Waals surface area contributed by atoms with Crippen LogP contribution in [-0.4, -0.2) is 9.13 Å². The summed E-state index contributed by atoms with van der Waals surface area (Å²) in [5.41, 5.74) is 30.2. The molecule has 2 heterocycles. The van der Waals surface area contributed by atoms with Crippen LogP contribution in [0.25, 0.3) is 61.8 Å². The molecule has 4 N–H and O–H groups in total. The minimum Gasteiger partial charge on any atom is -0.398 e. The van der Waals surface area contributed by atoms with Crippen molar-refractivity contribution in [1.29, 1.82) is 0 Å². The predicted octanol–water partition coefficient (Wildman–Crippen LogP) is 12.4. The predicted molar refractivity (Wildman–Crippen MR) is 246 cm³/mol. The number of nitrogens with zero attached hydrogens (tertiary/aromatic N) is 2. The van der Waals surface area contributed by atoms with Crippen molar-refractivity contribution in [1.82, 2.24) is 9.13 Å². The highest BCUT2D eigenvalue weighted by atomic mass is 15.0. The van der Waals surface area contributed by atoms with Crippen LogP contribution < -0.4 is 11.5 Å². The largest absolute Gasteiger partial charge is 0.398 e. The second-order valence-corrected chi connectivity index (χ2v) is 14.5. The van der Waals surface area contributed by atoms with Gasteiger partial charge in [-0.25, -0.2) is 0 Å². The zero-order chi connectivity index (χ0) is 39.3. The third-order valence-electron chi connectivity index (χ3n) is 10.9. The van der Waals surface area contributed by atoms with Gasteiger partial charge in [0.05, 0.1) is 22.2 Å². The molecule has 0 fully saturated rings. The maximum absolute atomic E-state index is 6.51. The van der Waals surface area contributed by atoms with Crippen LogP contribution in [0, 0.1) is 0 Å². The lowest BCUT2D eigenvalue weighted by Gasteiger charge is -2.11. The van der Waals surface area contributed by atoms with E-state index < -0.39 is 0 Å². The molecule has 0 radical (unpaired) electrons. The molecule has 6 aromatic carbocycles. The van der Waals surface area contributed by atoms with E-state index in [1.807, 2.05) is 30.3 Å². The average Bonchev–Trinajstić information content (AvgIpc) is 3.48. The molecule has 0 amide bonds. The standard InChI is InChI=1S/C47H35N3.C7H9N/c48-43(35-14-4-1-2-5-15-35)28-23-33-13-12-18-38(31-33)50-44-21-10-8-19-39(44)41-27-24-34(25-29-46(41)50)36-26-30-47-42(32-36)40-20-9-11-22-45(40)49(47)37-16-6-3-7-17-37;8-6-7-4-2-1-3-5-7/h1,3-22,24,26-32H,2,23,48H2;1-5H,6,8H2/b43-28-;. The van der Waals surface area contributed by atoms with E-state index in [1.165, 1.54) is 49.4 Å². The number of hydrogen-bond acceptors (Lipinski definition) is 2. The lowest BCUT2D eigenvalue weighted by Crippen LogP contribution is -2.01. The Morgan fingerprint density at radius 1 is 0.603 bits per heavy atom. The summed E-state index contributed by atoms with van der Waals surface area (Å²) in [5, 5.41) is 3.69. The molecule has 58 heavy (non-hydrogen) atoms. The Hall–Kier alpha value is -7.36. The van der Waals surface area contributed by atoms with Gasteiger partial charge in [0.1, 0.15) is 0 Å². The van der Waals surface area contributed by atoms with Crippen molar-refractivity contribution in [2.24, 2.45) is 11.5 Å². The molecule has 10 rings (SSSR count). The van der Waals surface area contributed by atoms with E-state index in [0.29, 0.717) is 6.54 Å². The van der Waals surface area contributed by atoms with Crippen LogP contribution in [-0.2, 0) is 13.0 Å². The van der Waals surface area contributed by atoms with Crippen molar-refractivity contribution in [3.63, 3.8) is 0 Å². The molecule has 8 aromatic rings. The molecular formula is C54H44N4. The van der Waals surface area contributed by atoms with E-state index in [1.54, 1.807) is 0 Å². The van der Waals surface area contributed by atoms with Crippen molar-refractivity contribution in [3.8, 4) is 11.4 Å². The molecule has 2 aromatic heterocycles. The van der Waals surface area contributed by atoms with Gasteiger partial charge in [0.25, 0.3) is 0 Å². The van der Waals surface area contributed by atoms with Gasteiger partial charge in [-0.2, -0.15) is 0 Å². The Morgan fingerprint density at radius 3 is 2.09 bits per heavy atom. The Kier molecular flexibility index (Phi) is 10.3. The van der Waals surface area contributed by atoms with E-state index in [4.69, 9.17) is 11.5 Å². The van der Waals surface area contributed by atoms with Crippen LogP contribution in [0.5, 0.6) is 0 Å². The first-order valence-corrected chi connectivity index (χ1v) is 19.9. The summed E-state index contributed by atoms with van der Waals surface area (Å²) in [6, 6.07) is 53.5. The topological polar surface area (TPSA) is 61.9 Å². The number of benzene rings is 6. The molecule has 280 valence electrons. The number of hydrogen-bond donors (Lipinski definition) is 2. The van der Waals surface area contributed by atoms with Crippen molar-refractivity contribution in [3.05, 3.63) is 239 Å². The second kappa shape index (κ2) is 16.4. The third kappa shape index (κ3) is 7.22. The van der Waals surface area contributed by atoms with E-state index in [2.05, 4.69) is 191 Å². The molecule has 0 atom stereocenters. The molecule has 4 heteroatoms. The van der Waals surface area contributed by atoms with Crippen molar-refractivity contribution >= 4 is 50.4 Å². The van der Waals surface area contributed by atoms with Crippen molar-refractivity contribution < 1.29 is 0 Å². The summed E-state index contributed by atoms with van der Waals surface area (Å²) < 4.78 is 4.72. The Labute approximate surface area is 339 Å². The molecular weight excluding hydrogens is 705 g/mol. The molecule has 2 aliphatic rings. The molecule has 0 saturated carbocycles. The second-order valence-electron chi connectivity index (χ2n) is 14.5. The number of aromatic nitrogens is 2. The molecule has 0 bridgehead atoms. The summed E-state index contributed by atoms with van der Waals surface area (Å²) in [7, 11) is 0. The molecule has 2 aliphatic carbocycles. The monoisotopic (exact) mass is 748 g/mol. The Morgan fingerprint density at radius 2 is 1.29 bits per heavy atom. The van der Waals surface area contributed by atoms with Crippen LogP contribution in [0.1, 0.15) is 34.4 Å². The summed E-state index contributed by atoms with van der Waals surface area (Å²) in [5.74, 6) is 0. The first-order chi connectivity index (χ1) is 28.7. The molecule has 0 aliphatic heterocycles. The van der Waals surface area contributed by atoms with Gasteiger partial charge in [0.2, 0.25) is 0 Å². The Bertz CT molecular complexity index is 3010. The highest BCUT2D eigenvalue weighted by Crippen LogP contribution is 2.37. The molecule has 0 spiro atoms. The maximum atomic E-state index is 6.51. The summed E-state index contributed by atoms with van der Waals surface area (Å²) in [6.45, 7) is 0.640. The lowest BCUT2D eigenvalue weighted by molar-refractivity contribution is 1.07. The lowest BCUT2D eigenvalue weighted by atomic mass is 10.0. The zero-order valence-electron chi connectivity index (χ0n) is 32.3. The number of nitrogens with two attached hydrogens (primary N) is 2. The van der Waals surface area contributed by atoms with Gasteiger partial charge in [0.15, 0.2) is 0 Å². The number of fused-ring (bicyclic) bond motifs is 6. The summed E-state index contributed by atoms with van der Waals surface area (Å²) in [4.78, 5) is 0. The molecule has 0 unspecified atom stereocenters. The molecule has 4 nitrogen and oxygen atoms in total. The van der Waals surface area contributed by atoms with E-state index in [0.717, 1.165) is 52.3 Å². The van der Waals surface area contributed by atoms with Crippen LogP contribution >= 0.6 is 0 Å². The van der Waals surface area contributed by atoms with Gasteiger partial charge in [-0.05, 0) is 89.7 Å². The quantitative estimate of drug-likeness (QED) is 0.159. The van der Waals surface area contributed by atoms with Gasteiger partial charge in [-0.15, -0.1) is 5.73 Å². The van der Waals surface area contributed by atoms with Crippen LogP contribution in [0.15, 0.2) is 211 Å². The first-order valence-electron chi connectivity index (χ1n) is 19.9. The highest BCUT2D eigenvalue weighted by Gasteiger charge is 2.18. The third-order valence-corrected chi connectivity index (χ3v) is 10.9. The smallest absolute Gasteiger partial charge is 0.0618 e. The fourth-order valence-electron chi connectivity index (χ4n) is 7.97. The van der Waals surface area contributed by atoms with Gasteiger partial charge in [-0.3, -0.25) is 0 Å². The number of rotatable bonds is 7. The van der Waals surface area contributed by atoms with Crippen molar-refractivity contribution in [2.45, 2.75) is 19.4 Å². The summed E-state index contributed by atoms with van der Waals surface area (Å²) >= 11 is 0. The highest BCUT2D eigenvalue weighted by molar-refractivity contribution is 6.10. The van der Waals surface area contributed by atoms with Gasteiger partial charge in [-0.1, -0.05) is 146 Å². The minimum absolute atomic E-state index is 0.640. The number of allylic oxidation sites excluding steroid dienone is 8. The van der Waals surface area contributed by atoms with Crippen LogP contribution in [0.3, 0.4) is 0 Å². The van der Waals surface area contributed by atoms with Gasteiger partial charge < -0.3 is 20.6 Å². The fraction of sp³-hybridized carbons (Fsp3) is 0.0556. The fourth-order valence-corrected chi connectivity index (χ4v) is 7.97. The van der Waals surface area contributed by atoms with Crippen LogP contribution in [0.2, 0.25) is 0 Å². The number of para-hydroxylation sites is 3. The van der Waals surface area contributed by atoms with E-state index in [9.17, 15) is 0 Å². The average molecular weight is 749 g/mol. The summed E-state index contributed by atoms with van der Waals surface area (Å²) in [6.07, 6.45) is 21.0. The first kappa shape index (κ1) is 36.3. The normalized spacial score (nSPS) is 13.5. The van der Waals surface area contributed by atoms with E-state index in [-0.39, 0.29) is 0 Å². The van der Waals surface area contributed by atoms with Gasteiger partial charge in [0, 0.05) is 57.0 Å². The molecule has 0 saturated heterocycles. The van der Waals surface area contributed by atoms with Crippen LogP contribution in [0.4, 0.5) is 0 Å². The Balaban J connectivity index is 0.000000489.